The van der Waals surface area contributed by atoms with Crippen LogP contribution in [-0.4, -0.2) is 30.1 Å². The average molecular weight is 435 g/mol. The molecule has 0 fully saturated rings. The second-order valence-electron chi connectivity index (χ2n) is 6.85. The Hall–Kier alpha value is -3.50. The Kier molecular flexibility index (Phi) is 16.3. The number of rotatable bonds is 8. The molecule has 0 amide bonds. The summed E-state index contributed by atoms with van der Waals surface area (Å²) >= 11 is 0. The van der Waals surface area contributed by atoms with Gasteiger partial charge in [0.2, 0.25) is 0 Å². The van der Waals surface area contributed by atoms with E-state index in [1.807, 2.05) is 79.7 Å². The average Bonchev–Trinajstić information content (AvgIpc) is 2.80. The number of hydrogen-bond donors (Lipinski definition) is 1. The highest BCUT2D eigenvalue weighted by atomic mass is 16.5. The molecule has 32 heavy (non-hydrogen) atoms. The molecule has 0 aliphatic carbocycles. The highest BCUT2D eigenvalue weighted by molar-refractivity contribution is 5.80. The lowest BCUT2D eigenvalue weighted by Gasteiger charge is -2.08. The van der Waals surface area contributed by atoms with Crippen LogP contribution in [0.4, 0.5) is 0 Å². The molecule has 4 nitrogen and oxygen atoms in total. The largest absolute Gasteiger partial charge is 0.462 e. The normalized spacial score (nSPS) is 11.5. The van der Waals surface area contributed by atoms with Gasteiger partial charge in [0.25, 0.3) is 0 Å². The third-order valence-electron chi connectivity index (χ3n) is 3.89. The first-order chi connectivity index (χ1) is 15.3. The van der Waals surface area contributed by atoms with Gasteiger partial charge in [-0.05, 0) is 48.6 Å². The maximum absolute atomic E-state index is 10.2. The Morgan fingerprint density at radius 1 is 0.906 bits per heavy atom. The van der Waals surface area contributed by atoms with Gasteiger partial charge in [-0.3, -0.25) is 9.59 Å². The summed E-state index contributed by atoms with van der Waals surface area (Å²) in [5.74, 6) is -0.264. The standard InChI is InChI=1S/C13H16O.C10H10O.C5H8O2/c1-3-7-13(14)11(2)10-12-8-5-4-6-9-12;1-9(8-11)7-10-5-3-2-4-6-10;1-3-4-7-5(2)6/h3-6,8-10,13-14H,1,7H2,2H3;2-8H,1H3;3H,1,4H2,2H3/b11-10+;9-7+;. The van der Waals surface area contributed by atoms with Crippen LogP contribution in [-0.2, 0) is 14.3 Å². The van der Waals surface area contributed by atoms with Crippen molar-refractivity contribution in [1.82, 2.24) is 0 Å². The molecule has 0 aliphatic rings. The predicted octanol–water partition coefficient (Wildman–Crippen LogP) is 6.05. The summed E-state index contributed by atoms with van der Waals surface area (Å²) < 4.78 is 4.43. The van der Waals surface area contributed by atoms with Crippen molar-refractivity contribution in [2.75, 3.05) is 6.61 Å². The van der Waals surface area contributed by atoms with E-state index < -0.39 is 6.10 Å². The second kappa shape index (κ2) is 18.3. The SMILES string of the molecule is C/C(C=O)=C\c1ccccc1.C=CCC(O)/C(C)=C/c1ccccc1.C=CCOC(C)=O. The Balaban J connectivity index is 0.000000478. The zero-order valence-corrected chi connectivity index (χ0v) is 19.2. The van der Waals surface area contributed by atoms with Gasteiger partial charge in [0, 0.05) is 6.92 Å². The first kappa shape index (κ1) is 28.5. The van der Waals surface area contributed by atoms with Gasteiger partial charge in [-0.25, -0.2) is 0 Å². The predicted molar refractivity (Wildman–Crippen MR) is 134 cm³/mol. The van der Waals surface area contributed by atoms with E-state index in [2.05, 4.69) is 17.9 Å². The summed E-state index contributed by atoms with van der Waals surface area (Å²) in [4.78, 5) is 20.2. The van der Waals surface area contributed by atoms with Crippen LogP contribution >= 0.6 is 0 Å². The molecule has 1 unspecified atom stereocenters. The topological polar surface area (TPSA) is 63.6 Å². The zero-order valence-electron chi connectivity index (χ0n) is 19.2. The smallest absolute Gasteiger partial charge is 0.302 e. The van der Waals surface area contributed by atoms with Gasteiger partial charge in [0.1, 0.15) is 12.9 Å². The minimum atomic E-state index is -0.410. The summed E-state index contributed by atoms with van der Waals surface area (Å²) in [5, 5.41) is 9.64. The number of aliphatic hydroxyl groups is 1. The van der Waals surface area contributed by atoms with E-state index in [1.54, 1.807) is 13.0 Å². The van der Waals surface area contributed by atoms with Crippen LogP contribution in [0.15, 0.2) is 97.1 Å². The highest BCUT2D eigenvalue weighted by Crippen LogP contribution is 2.11. The molecule has 2 aromatic rings. The van der Waals surface area contributed by atoms with Gasteiger partial charge in [-0.15, -0.1) is 6.58 Å². The molecule has 2 rings (SSSR count). The van der Waals surface area contributed by atoms with Crippen LogP contribution < -0.4 is 0 Å². The molecule has 0 aromatic heterocycles. The number of ether oxygens (including phenoxy) is 1. The minimum Gasteiger partial charge on any atom is -0.462 e. The number of carbonyl (C=O) groups excluding carboxylic acids is 2. The number of benzene rings is 2. The van der Waals surface area contributed by atoms with Crippen molar-refractivity contribution in [2.45, 2.75) is 33.3 Å². The van der Waals surface area contributed by atoms with Crippen molar-refractivity contribution in [2.24, 2.45) is 0 Å². The summed E-state index contributed by atoms with van der Waals surface area (Å²) in [5.41, 5.74) is 3.90. The summed E-state index contributed by atoms with van der Waals surface area (Å²) in [6.45, 7) is 12.4. The molecule has 0 saturated heterocycles. The van der Waals surface area contributed by atoms with Crippen LogP contribution in [0.25, 0.3) is 12.2 Å². The van der Waals surface area contributed by atoms with E-state index in [-0.39, 0.29) is 5.97 Å². The molecule has 0 heterocycles. The molecule has 0 aliphatic heterocycles. The maximum Gasteiger partial charge on any atom is 0.302 e. The van der Waals surface area contributed by atoms with Crippen LogP contribution in [0.3, 0.4) is 0 Å². The second-order valence-corrected chi connectivity index (χ2v) is 6.85. The Morgan fingerprint density at radius 3 is 1.78 bits per heavy atom. The van der Waals surface area contributed by atoms with Crippen molar-refractivity contribution >= 4 is 24.4 Å². The number of hydrogen-bond acceptors (Lipinski definition) is 4. The van der Waals surface area contributed by atoms with Crippen LogP contribution in [0.1, 0.15) is 38.3 Å². The summed E-state index contributed by atoms with van der Waals surface area (Å²) in [6.07, 6.45) is 8.16. The molecular weight excluding hydrogens is 400 g/mol. The lowest BCUT2D eigenvalue weighted by atomic mass is 10.1. The van der Waals surface area contributed by atoms with Gasteiger partial charge in [-0.1, -0.05) is 85.5 Å². The van der Waals surface area contributed by atoms with E-state index in [4.69, 9.17) is 0 Å². The quantitative estimate of drug-likeness (QED) is 0.238. The fourth-order valence-corrected chi connectivity index (χ4v) is 2.27. The number of allylic oxidation sites excluding steroid dienone is 1. The Labute approximate surface area is 192 Å². The lowest BCUT2D eigenvalue weighted by molar-refractivity contribution is -0.139. The van der Waals surface area contributed by atoms with E-state index in [9.17, 15) is 14.7 Å². The Morgan fingerprint density at radius 2 is 1.41 bits per heavy atom. The van der Waals surface area contributed by atoms with Crippen molar-refractivity contribution in [3.63, 3.8) is 0 Å². The van der Waals surface area contributed by atoms with Gasteiger partial charge < -0.3 is 9.84 Å². The molecule has 170 valence electrons. The number of esters is 1. The van der Waals surface area contributed by atoms with Crippen LogP contribution in [0.5, 0.6) is 0 Å². The molecule has 0 radical (unpaired) electrons. The van der Waals surface area contributed by atoms with Crippen LogP contribution in [0.2, 0.25) is 0 Å². The number of carbonyl (C=O) groups is 2. The van der Waals surface area contributed by atoms with E-state index in [1.165, 1.54) is 13.0 Å². The van der Waals surface area contributed by atoms with Gasteiger partial charge >= 0.3 is 5.97 Å². The molecule has 4 heteroatoms. The van der Waals surface area contributed by atoms with Crippen molar-refractivity contribution in [3.8, 4) is 0 Å². The van der Waals surface area contributed by atoms with E-state index in [0.717, 1.165) is 28.6 Å². The first-order valence-corrected chi connectivity index (χ1v) is 10.3. The molecule has 0 bridgehead atoms. The number of aliphatic hydroxyl groups excluding tert-OH is 1. The molecular formula is C28H34O4. The van der Waals surface area contributed by atoms with Crippen molar-refractivity contribution in [1.29, 1.82) is 0 Å². The monoisotopic (exact) mass is 434 g/mol. The van der Waals surface area contributed by atoms with Gasteiger partial charge in [0.05, 0.1) is 6.10 Å². The van der Waals surface area contributed by atoms with E-state index >= 15 is 0 Å². The summed E-state index contributed by atoms with van der Waals surface area (Å²) in [7, 11) is 0. The van der Waals surface area contributed by atoms with Gasteiger partial charge in [-0.2, -0.15) is 0 Å². The minimum absolute atomic E-state index is 0.264. The molecule has 1 N–H and O–H groups in total. The zero-order chi connectivity index (χ0) is 24.2. The third-order valence-corrected chi connectivity index (χ3v) is 3.89. The lowest BCUT2D eigenvalue weighted by Crippen LogP contribution is -2.05. The molecule has 2 aromatic carbocycles. The fraction of sp³-hybridized carbons (Fsp3) is 0.214. The van der Waals surface area contributed by atoms with Gasteiger partial charge in [0.15, 0.2) is 0 Å². The molecule has 0 spiro atoms. The number of aldehydes is 1. The highest BCUT2D eigenvalue weighted by Gasteiger charge is 2.02. The Bertz CT molecular complexity index is 865. The van der Waals surface area contributed by atoms with Crippen LogP contribution in [0, 0.1) is 0 Å². The molecule has 0 saturated carbocycles. The van der Waals surface area contributed by atoms with Crippen molar-refractivity contribution in [3.05, 3.63) is 108 Å². The summed E-state index contributed by atoms with van der Waals surface area (Å²) in [6, 6.07) is 19.8. The third kappa shape index (κ3) is 15.4. The maximum atomic E-state index is 10.2. The van der Waals surface area contributed by atoms with Crippen molar-refractivity contribution < 1.29 is 19.4 Å². The first-order valence-electron chi connectivity index (χ1n) is 10.3. The fourth-order valence-electron chi connectivity index (χ4n) is 2.27. The molecule has 1 atom stereocenters. The van der Waals surface area contributed by atoms with E-state index in [0.29, 0.717) is 13.0 Å².